The molecule has 1 saturated heterocycles. The predicted octanol–water partition coefficient (Wildman–Crippen LogP) is 0.276. The van der Waals surface area contributed by atoms with E-state index in [1.807, 2.05) is 0 Å². The third-order valence-electron chi connectivity index (χ3n) is 6.28. The van der Waals surface area contributed by atoms with Gasteiger partial charge in [0.05, 0.1) is 6.54 Å². The summed E-state index contributed by atoms with van der Waals surface area (Å²) in [4.78, 5) is 28.3. The highest BCUT2D eigenvalue weighted by molar-refractivity contribution is 7.92. The lowest BCUT2D eigenvalue weighted by molar-refractivity contribution is -0.131. The molecule has 31 heavy (non-hydrogen) atoms. The van der Waals surface area contributed by atoms with Crippen molar-refractivity contribution in [2.24, 2.45) is 5.92 Å². The zero-order valence-electron chi connectivity index (χ0n) is 18.0. The molecule has 0 aliphatic carbocycles. The summed E-state index contributed by atoms with van der Waals surface area (Å²) >= 11 is 0. The van der Waals surface area contributed by atoms with Crippen molar-refractivity contribution in [2.75, 3.05) is 26.4 Å². The van der Waals surface area contributed by atoms with Crippen molar-refractivity contribution in [2.45, 2.75) is 37.6 Å². The van der Waals surface area contributed by atoms with E-state index >= 15 is 0 Å². The minimum absolute atomic E-state index is 0.0397. The Bertz CT molecular complexity index is 1130. The third kappa shape index (κ3) is 4.33. The number of fused-ring (bicyclic) bond motifs is 1. The molecule has 0 radical (unpaired) electrons. The number of nitrogens with one attached hydrogen (secondary N) is 1. The number of hydroxylamine groups is 1. The highest BCUT2D eigenvalue weighted by atomic mass is 32.2. The normalized spacial score (nSPS) is 22.4. The zero-order chi connectivity index (χ0) is 23.0. The molecule has 3 heterocycles. The van der Waals surface area contributed by atoms with Crippen molar-refractivity contribution >= 4 is 21.8 Å². The Morgan fingerprint density at radius 2 is 2.10 bits per heavy atom. The number of aromatic nitrogens is 1. The summed E-state index contributed by atoms with van der Waals surface area (Å²) in [6.45, 7) is 4.61. The first-order valence-corrected chi connectivity index (χ1v) is 11.7. The fraction of sp³-hybridized carbons (Fsp3) is 0.524. The van der Waals surface area contributed by atoms with E-state index in [0.29, 0.717) is 17.5 Å². The van der Waals surface area contributed by atoms with Gasteiger partial charge in [0.2, 0.25) is 0 Å². The number of hydrogen-bond acceptors (Lipinski definition) is 6. The number of carbonyl (C=O) groups is 2. The van der Waals surface area contributed by atoms with Crippen LogP contribution in [0.3, 0.4) is 0 Å². The molecule has 0 spiro atoms. The molecule has 3 rings (SSSR count). The molecule has 1 fully saturated rings. The number of sulfone groups is 1. The molecular formula is C21H26N4O5S. The summed E-state index contributed by atoms with van der Waals surface area (Å²) in [5, 5.41) is 8.90. The van der Waals surface area contributed by atoms with Gasteiger partial charge >= 0.3 is 6.03 Å². The predicted molar refractivity (Wildman–Crippen MR) is 114 cm³/mol. The first-order valence-electron chi connectivity index (χ1n) is 9.84. The zero-order valence-corrected chi connectivity index (χ0v) is 18.8. The fourth-order valence-corrected chi connectivity index (χ4v) is 4.44. The molecular weight excluding hydrogens is 420 g/mol. The summed E-state index contributed by atoms with van der Waals surface area (Å²) in [5.41, 5.74) is 2.81. The lowest BCUT2D eigenvalue weighted by Gasteiger charge is -2.40. The molecule has 1 aromatic rings. The number of hydrogen-bond donors (Lipinski definition) is 2. The summed E-state index contributed by atoms with van der Waals surface area (Å²) in [6.07, 6.45) is 2.41. The van der Waals surface area contributed by atoms with Crippen molar-refractivity contribution in [3.8, 4) is 23.7 Å². The van der Waals surface area contributed by atoms with Crippen LogP contribution in [0.2, 0.25) is 0 Å². The third-order valence-corrected chi connectivity index (χ3v) is 8.30. The average Bonchev–Trinajstić information content (AvgIpc) is 3.25. The summed E-state index contributed by atoms with van der Waals surface area (Å²) in [6, 6.07) is 1.91. The van der Waals surface area contributed by atoms with Gasteiger partial charge in [0.1, 0.15) is 0 Å². The Morgan fingerprint density at radius 1 is 1.39 bits per heavy atom. The molecule has 10 heteroatoms. The smallest absolute Gasteiger partial charge is 0.318 e. The van der Waals surface area contributed by atoms with E-state index < -0.39 is 20.5 Å². The monoisotopic (exact) mass is 446 g/mol. The molecule has 2 aliphatic heterocycles. The Morgan fingerprint density at radius 3 is 2.65 bits per heavy atom. The quantitative estimate of drug-likeness (QED) is 0.382. The molecule has 9 nitrogen and oxygen atoms in total. The van der Waals surface area contributed by atoms with Crippen molar-refractivity contribution < 1.29 is 23.2 Å². The van der Waals surface area contributed by atoms with Crippen LogP contribution in [0, 0.1) is 29.6 Å². The van der Waals surface area contributed by atoms with Crippen LogP contribution in [0.4, 0.5) is 4.79 Å². The maximum Gasteiger partial charge on any atom is 0.328 e. The molecule has 0 saturated carbocycles. The van der Waals surface area contributed by atoms with Gasteiger partial charge in [-0.3, -0.25) is 14.6 Å². The van der Waals surface area contributed by atoms with Crippen molar-refractivity contribution in [1.29, 1.82) is 0 Å². The minimum Gasteiger partial charge on any atom is -0.318 e. The van der Waals surface area contributed by atoms with Gasteiger partial charge in [-0.25, -0.2) is 18.7 Å². The molecule has 2 amide bonds. The van der Waals surface area contributed by atoms with Crippen LogP contribution in [0.15, 0.2) is 12.3 Å². The van der Waals surface area contributed by atoms with Crippen LogP contribution in [-0.4, -0.2) is 77.1 Å². The summed E-state index contributed by atoms with van der Waals surface area (Å²) in [7, 11) is -1.76. The molecule has 2 N–H and O–H groups in total. The molecule has 0 aromatic carbocycles. The Hall–Kier alpha value is -2.79. The Labute approximate surface area is 182 Å². The van der Waals surface area contributed by atoms with Crippen molar-refractivity contribution in [3.05, 3.63) is 23.5 Å². The van der Waals surface area contributed by atoms with Gasteiger partial charge in [0, 0.05) is 48.8 Å². The van der Waals surface area contributed by atoms with E-state index in [4.69, 9.17) is 5.21 Å². The first-order chi connectivity index (χ1) is 14.5. The van der Waals surface area contributed by atoms with Crippen LogP contribution in [0.1, 0.15) is 31.5 Å². The SMILES string of the molecule is C[C@@H]1[C@@H](C#CC#Cc2cc3n(c2)C(=O)N(CCC(C)(C(=O)NO)S(C)(=O)=O)C3)CN1C. The van der Waals surface area contributed by atoms with E-state index in [-0.39, 0.29) is 25.5 Å². The second kappa shape index (κ2) is 8.39. The van der Waals surface area contributed by atoms with Crippen LogP contribution in [-0.2, 0) is 21.2 Å². The van der Waals surface area contributed by atoms with Crippen LogP contribution < -0.4 is 5.48 Å². The highest BCUT2D eigenvalue weighted by Crippen LogP contribution is 2.25. The van der Waals surface area contributed by atoms with Gasteiger partial charge in [0.25, 0.3) is 5.91 Å². The number of nitrogens with zero attached hydrogens (tertiary/aromatic N) is 3. The first kappa shape index (κ1) is 22.9. The van der Waals surface area contributed by atoms with Gasteiger partial charge in [-0.2, -0.15) is 0 Å². The van der Waals surface area contributed by atoms with E-state index in [9.17, 15) is 18.0 Å². The van der Waals surface area contributed by atoms with Gasteiger partial charge in [-0.15, -0.1) is 0 Å². The maximum absolute atomic E-state index is 12.7. The van der Waals surface area contributed by atoms with E-state index in [1.54, 1.807) is 12.3 Å². The molecule has 0 bridgehead atoms. The van der Waals surface area contributed by atoms with Crippen LogP contribution in [0.5, 0.6) is 0 Å². The van der Waals surface area contributed by atoms with E-state index in [1.165, 1.54) is 21.9 Å². The average molecular weight is 447 g/mol. The topological polar surface area (TPSA) is 112 Å². The Balaban J connectivity index is 1.63. The number of rotatable bonds is 5. The number of carbonyl (C=O) groups excluding carboxylic acids is 2. The standard InChI is InChI=1S/C21H26N4O5S/c1-15-17(13-23(15)3)8-6-5-7-16-11-18-14-24(20(27)25(18)12-16)10-9-21(2,19(26)22-28)31(4,29)30/h11-12,15,17,28H,9-10,13-14H2,1-4H3,(H,22,26)/t15-,17+,21?/m1/s1. The molecule has 166 valence electrons. The number of likely N-dealkylation sites (tertiary alicyclic amines) is 1. The van der Waals surface area contributed by atoms with Gasteiger partial charge in [-0.05, 0) is 45.2 Å². The van der Waals surface area contributed by atoms with Gasteiger partial charge in [-0.1, -0.05) is 11.8 Å². The summed E-state index contributed by atoms with van der Waals surface area (Å²) in [5.74, 6) is 11.1. The maximum atomic E-state index is 12.7. The fourth-order valence-electron chi connectivity index (χ4n) is 3.60. The molecule has 2 aliphatic rings. The minimum atomic E-state index is -3.82. The largest absolute Gasteiger partial charge is 0.328 e. The second-order valence-corrected chi connectivity index (χ2v) is 10.7. The molecule has 3 atom stereocenters. The second-order valence-electron chi connectivity index (χ2n) is 8.29. The van der Waals surface area contributed by atoms with Crippen molar-refractivity contribution in [3.63, 3.8) is 0 Å². The van der Waals surface area contributed by atoms with Crippen LogP contribution >= 0.6 is 0 Å². The Kier molecular flexibility index (Phi) is 6.19. The lowest BCUT2D eigenvalue weighted by Crippen LogP contribution is -2.51. The van der Waals surface area contributed by atoms with E-state index in [0.717, 1.165) is 18.5 Å². The number of amides is 2. The lowest BCUT2D eigenvalue weighted by atomic mass is 9.91. The summed E-state index contributed by atoms with van der Waals surface area (Å²) < 4.78 is 23.8. The van der Waals surface area contributed by atoms with E-state index in [2.05, 4.69) is 42.6 Å². The van der Waals surface area contributed by atoms with Crippen molar-refractivity contribution in [1.82, 2.24) is 19.8 Å². The van der Waals surface area contributed by atoms with Gasteiger partial charge < -0.3 is 9.80 Å². The van der Waals surface area contributed by atoms with Gasteiger partial charge in [0.15, 0.2) is 14.6 Å². The highest BCUT2D eigenvalue weighted by Gasteiger charge is 2.44. The molecule has 1 unspecified atom stereocenters. The molecule has 1 aromatic heterocycles. The van der Waals surface area contributed by atoms with Crippen LogP contribution in [0.25, 0.3) is 0 Å².